The van der Waals surface area contributed by atoms with Crippen LogP contribution in [0.5, 0.6) is 0 Å². The fourth-order valence-corrected chi connectivity index (χ4v) is 6.49. The maximum atomic E-state index is 12.9. The highest BCUT2D eigenvalue weighted by molar-refractivity contribution is 9.11. The van der Waals surface area contributed by atoms with Crippen molar-refractivity contribution in [3.05, 3.63) is 44.6 Å². The summed E-state index contributed by atoms with van der Waals surface area (Å²) in [6, 6.07) is 8.87. The van der Waals surface area contributed by atoms with Crippen LogP contribution in [0, 0.1) is 0 Å². The van der Waals surface area contributed by atoms with Crippen molar-refractivity contribution in [1.29, 1.82) is 0 Å². The van der Waals surface area contributed by atoms with E-state index in [-0.39, 0.29) is 5.91 Å². The normalized spacial score (nSPS) is 18.1. The fourth-order valence-electron chi connectivity index (χ4n) is 3.58. The van der Waals surface area contributed by atoms with Gasteiger partial charge in [0, 0.05) is 25.3 Å². The molecule has 0 aliphatic carbocycles. The third-order valence-corrected chi connectivity index (χ3v) is 8.41. The van der Waals surface area contributed by atoms with Crippen molar-refractivity contribution >= 4 is 48.9 Å². The number of aryl methyl sites for hydroxylation is 1. The summed E-state index contributed by atoms with van der Waals surface area (Å²) >= 11 is 4.81. The predicted molar refractivity (Wildman–Crippen MR) is 106 cm³/mol. The first-order valence-electron chi connectivity index (χ1n) is 8.67. The number of sulfonamides is 1. The number of anilines is 1. The Labute approximate surface area is 165 Å². The van der Waals surface area contributed by atoms with E-state index in [9.17, 15) is 13.2 Å². The smallest absolute Gasteiger partial charge is 0.268 e. The van der Waals surface area contributed by atoms with Crippen molar-refractivity contribution < 1.29 is 13.2 Å². The molecule has 0 saturated carbocycles. The molecule has 1 aromatic carbocycles. The van der Waals surface area contributed by atoms with Gasteiger partial charge >= 0.3 is 0 Å². The summed E-state index contributed by atoms with van der Waals surface area (Å²) in [6.45, 7) is 1.84. The Bertz CT molecular complexity index is 949. The zero-order valence-electron chi connectivity index (χ0n) is 14.2. The molecule has 3 heterocycles. The van der Waals surface area contributed by atoms with Gasteiger partial charge in [0.25, 0.3) is 5.91 Å². The number of amides is 1. The van der Waals surface area contributed by atoms with Crippen LogP contribution in [-0.2, 0) is 16.4 Å². The summed E-state index contributed by atoms with van der Waals surface area (Å²) in [6.07, 6.45) is 3.46. The Kier molecular flexibility index (Phi) is 4.94. The SMILES string of the molecule is O=C(c1ccc(Br)s1)N1CCCc2cc(S(=O)(=O)N3CCCC3)ccc21. The van der Waals surface area contributed by atoms with Crippen LogP contribution in [0.25, 0.3) is 0 Å². The fraction of sp³-hybridized carbons (Fsp3) is 0.389. The van der Waals surface area contributed by atoms with E-state index < -0.39 is 10.0 Å². The minimum Gasteiger partial charge on any atom is -0.307 e. The third kappa shape index (κ3) is 3.24. The van der Waals surface area contributed by atoms with Crippen LogP contribution in [0.3, 0.4) is 0 Å². The first-order valence-corrected chi connectivity index (χ1v) is 11.7. The molecule has 1 aromatic heterocycles. The largest absolute Gasteiger partial charge is 0.307 e. The minimum absolute atomic E-state index is 0.0307. The molecule has 0 bridgehead atoms. The quantitative estimate of drug-likeness (QED) is 0.706. The molecular weight excluding hydrogens is 436 g/mol. The van der Waals surface area contributed by atoms with Gasteiger partial charge in [0.15, 0.2) is 0 Å². The number of carbonyl (C=O) groups is 1. The van der Waals surface area contributed by atoms with Gasteiger partial charge in [-0.25, -0.2) is 8.42 Å². The molecule has 0 radical (unpaired) electrons. The van der Waals surface area contributed by atoms with Crippen LogP contribution in [0.15, 0.2) is 39.0 Å². The maximum absolute atomic E-state index is 12.9. The van der Waals surface area contributed by atoms with Crippen molar-refractivity contribution in [2.75, 3.05) is 24.5 Å². The van der Waals surface area contributed by atoms with Gasteiger partial charge in [-0.2, -0.15) is 4.31 Å². The van der Waals surface area contributed by atoms with Crippen molar-refractivity contribution in [3.8, 4) is 0 Å². The Morgan fingerprint density at radius 1 is 1.04 bits per heavy atom. The standard InChI is InChI=1S/C18H19BrN2O3S2/c19-17-8-7-16(25-17)18(22)21-11-3-4-13-12-14(5-6-15(13)21)26(23,24)20-9-1-2-10-20/h5-8,12H,1-4,9-11H2. The Morgan fingerprint density at radius 2 is 1.81 bits per heavy atom. The number of nitrogens with zero attached hydrogens (tertiary/aromatic N) is 2. The molecule has 1 saturated heterocycles. The highest BCUT2D eigenvalue weighted by atomic mass is 79.9. The molecule has 2 aliphatic rings. The lowest BCUT2D eigenvalue weighted by atomic mass is 10.0. The summed E-state index contributed by atoms with van der Waals surface area (Å²) < 4.78 is 28.1. The van der Waals surface area contributed by atoms with Gasteiger partial charge in [-0.05, 0) is 77.5 Å². The number of fused-ring (bicyclic) bond motifs is 1. The third-order valence-electron chi connectivity index (χ3n) is 4.90. The molecular formula is C18H19BrN2O3S2. The van der Waals surface area contributed by atoms with Crippen LogP contribution in [-0.4, -0.2) is 38.3 Å². The number of halogens is 1. The predicted octanol–water partition coefficient (Wildman–Crippen LogP) is 3.89. The van der Waals surface area contributed by atoms with Crippen LogP contribution < -0.4 is 4.90 Å². The molecule has 0 unspecified atom stereocenters. The summed E-state index contributed by atoms with van der Waals surface area (Å²) in [4.78, 5) is 15.6. The molecule has 0 N–H and O–H groups in total. The molecule has 8 heteroatoms. The zero-order chi connectivity index (χ0) is 18.3. The summed E-state index contributed by atoms with van der Waals surface area (Å²) in [5.74, 6) is -0.0307. The van der Waals surface area contributed by atoms with Gasteiger partial charge in [-0.3, -0.25) is 4.79 Å². The van der Waals surface area contributed by atoms with E-state index in [0.717, 1.165) is 40.7 Å². The number of hydrogen-bond donors (Lipinski definition) is 0. The van der Waals surface area contributed by atoms with E-state index in [1.807, 2.05) is 12.1 Å². The zero-order valence-corrected chi connectivity index (χ0v) is 17.4. The van der Waals surface area contributed by atoms with E-state index >= 15 is 0 Å². The number of benzene rings is 1. The molecule has 26 heavy (non-hydrogen) atoms. The number of carbonyl (C=O) groups excluding carboxylic acids is 1. The number of rotatable bonds is 3. The lowest BCUT2D eigenvalue weighted by Crippen LogP contribution is -2.35. The number of hydrogen-bond acceptors (Lipinski definition) is 4. The molecule has 2 aliphatic heterocycles. The molecule has 0 spiro atoms. The lowest BCUT2D eigenvalue weighted by molar-refractivity contribution is 0.0989. The molecule has 1 fully saturated rings. The van der Waals surface area contributed by atoms with Crippen molar-refractivity contribution in [2.45, 2.75) is 30.6 Å². The topological polar surface area (TPSA) is 57.7 Å². The van der Waals surface area contributed by atoms with E-state index in [4.69, 9.17) is 0 Å². The first-order chi connectivity index (χ1) is 12.5. The van der Waals surface area contributed by atoms with Crippen molar-refractivity contribution in [3.63, 3.8) is 0 Å². The monoisotopic (exact) mass is 454 g/mol. The van der Waals surface area contributed by atoms with Gasteiger partial charge in [-0.1, -0.05) is 0 Å². The number of thiophene rings is 1. The second kappa shape index (κ2) is 7.07. The molecule has 2 aromatic rings. The second-order valence-corrected chi connectivity index (χ2v) is 11.0. The van der Waals surface area contributed by atoms with Crippen LogP contribution in [0.2, 0.25) is 0 Å². The molecule has 0 atom stereocenters. The molecule has 5 nitrogen and oxygen atoms in total. The van der Waals surface area contributed by atoms with E-state index in [0.29, 0.717) is 29.4 Å². The van der Waals surface area contributed by atoms with Crippen LogP contribution >= 0.6 is 27.3 Å². The molecule has 1 amide bonds. The van der Waals surface area contributed by atoms with Gasteiger partial charge in [0.1, 0.15) is 0 Å². The molecule has 4 rings (SSSR count). The summed E-state index contributed by atoms with van der Waals surface area (Å²) in [7, 11) is -3.43. The Morgan fingerprint density at radius 3 is 2.50 bits per heavy atom. The average molecular weight is 455 g/mol. The summed E-state index contributed by atoms with van der Waals surface area (Å²) in [5, 5.41) is 0. The second-order valence-electron chi connectivity index (χ2n) is 6.57. The highest BCUT2D eigenvalue weighted by Gasteiger charge is 2.30. The van der Waals surface area contributed by atoms with E-state index in [1.165, 1.54) is 11.3 Å². The first kappa shape index (κ1) is 18.2. The van der Waals surface area contributed by atoms with E-state index in [1.54, 1.807) is 27.4 Å². The Balaban J connectivity index is 1.67. The van der Waals surface area contributed by atoms with Gasteiger partial charge in [0.2, 0.25) is 10.0 Å². The van der Waals surface area contributed by atoms with Crippen LogP contribution in [0.4, 0.5) is 5.69 Å². The summed E-state index contributed by atoms with van der Waals surface area (Å²) in [5.41, 5.74) is 1.76. The van der Waals surface area contributed by atoms with E-state index in [2.05, 4.69) is 15.9 Å². The maximum Gasteiger partial charge on any atom is 0.268 e. The Hall–Kier alpha value is -1.22. The van der Waals surface area contributed by atoms with Gasteiger partial charge < -0.3 is 4.90 Å². The lowest BCUT2D eigenvalue weighted by Gasteiger charge is -2.30. The minimum atomic E-state index is -3.43. The van der Waals surface area contributed by atoms with Crippen LogP contribution in [0.1, 0.15) is 34.5 Å². The van der Waals surface area contributed by atoms with Crippen molar-refractivity contribution in [2.24, 2.45) is 0 Å². The highest BCUT2D eigenvalue weighted by Crippen LogP contribution is 2.33. The van der Waals surface area contributed by atoms with Gasteiger partial charge in [0.05, 0.1) is 13.6 Å². The average Bonchev–Trinajstić information content (AvgIpc) is 3.32. The molecule has 138 valence electrons. The van der Waals surface area contributed by atoms with Gasteiger partial charge in [-0.15, -0.1) is 11.3 Å². The van der Waals surface area contributed by atoms with Crippen molar-refractivity contribution in [1.82, 2.24) is 4.31 Å².